The topological polar surface area (TPSA) is 33.3 Å². The Kier molecular flexibility index (Phi) is 4.05. The first-order valence-electron chi connectivity index (χ1n) is 7.36. The van der Waals surface area contributed by atoms with Gasteiger partial charge in [-0.3, -0.25) is 0 Å². The zero-order valence-corrected chi connectivity index (χ0v) is 12.7. The maximum atomic E-state index is 5.37. The third kappa shape index (κ3) is 3.94. The molecule has 1 saturated heterocycles. The zero-order valence-electron chi connectivity index (χ0n) is 12.7. The van der Waals surface area contributed by atoms with Crippen molar-refractivity contribution < 1.29 is 4.74 Å². The molecule has 2 N–H and O–H groups in total. The van der Waals surface area contributed by atoms with Gasteiger partial charge in [0.15, 0.2) is 0 Å². The molecule has 0 aromatic heterocycles. The van der Waals surface area contributed by atoms with Crippen LogP contribution < -0.4 is 10.6 Å². The smallest absolute Gasteiger partial charge is 0.0618 e. The summed E-state index contributed by atoms with van der Waals surface area (Å²) in [6.45, 7) is 10.1. The molecule has 1 aliphatic carbocycles. The molecule has 1 saturated carbocycles. The zero-order chi connectivity index (χ0) is 13.4. The fourth-order valence-electron chi connectivity index (χ4n) is 3.74. The van der Waals surface area contributed by atoms with Crippen molar-refractivity contribution in [1.82, 2.24) is 10.6 Å². The van der Waals surface area contributed by atoms with Crippen molar-refractivity contribution >= 4 is 0 Å². The van der Waals surface area contributed by atoms with Crippen LogP contribution in [0.2, 0.25) is 0 Å². The third-order valence-electron chi connectivity index (χ3n) is 4.18. The van der Waals surface area contributed by atoms with Gasteiger partial charge in [-0.2, -0.15) is 0 Å². The number of piperidine rings is 1. The molecule has 0 aromatic carbocycles. The van der Waals surface area contributed by atoms with Gasteiger partial charge in [0, 0.05) is 30.3 Å². The summed E-state index contributed by atoms with van der Waals surface area (Å²) in [5.41, 5.74) is 0.446. The molecular weight excluding hydrogens is 224 g/mol. The van der Waals surface area contributed by atoms with E-state index in [9.17, 15) is 0 Å². The molecule has 2 rings (SSSR count). The van der Waals surface area contributed by atoms with Crippen LogP contribution in [-0.4, -0.2) is 36.9 Å². The molecule has 1 unspecified atom stereocenters. The van der Waals surface area contributed by atoms with Gasteiger partial charge in [0.25, 0.3) is 0 Å². The molecule has 1 heterocycles. The average Bonchev–Trinajstić information content (AvgIpc) is 2.94. The molecule has 0 bridgehead atoms. The van der Waals surface area contributed by atoms with E-state index in [1.807, 2.05) is 7.11 Å². The molecule has 2 aliphatic rings. The van der Waals surface area contributed by atoms with E-state index in [1.54, 1.807) is 0 Å². The molecule has 1 atom stereocenters. The molecule has 0 amide bonds. The van der Waals surface area contributed by atoms with Gasteiger partial charge >= 0.3 is 0 Å². The first-order valence-corrected chi connectivity index (χ1v) is 7.36. The van der Waals surface area contributed by atoms with E-state index in [-0.39, 0.29) is 11.1 Å². The van der Waals surface area contributed by atoms with Crippen LogP contribution in [0.5, 0.6) is 0 Å². The van der Waals surface area contributed by atoms with Crippen LogP contribution in [0.3, 0.4) is 0 Å². The molecular formula is C15H30N2O. The van der Waals surface area contributed by atoms with E-state index in [0.717, 1.165) is 12.5 Å². The van der Waals surface area contributed by atoms with Crippen LogP contribution >= 0.6 is 0 Å². The Hall–Kier alpha value is -0.120. The summed E-state index contributed by atoms with van der Waals surface area (Å²) in [5.74, 6) is 0.853. The average molecular weight is 254 g/mol. The van der Waals surface area contributed by atoms with Crippen molar-refractivity contribution in [3.8, 4) is 0 Å². The lowest BCUT2D eigenvalue weighted by Crippen LogP contribution is -2.63. The van der Waals surface area contributed by atoms with Crippen LogP contribution in [-0.2, 0) is 4.74 Å². The van der Waals surface area contributed by atoms with Gasteiger partial charge in [-0.1, -0.05) is 0 Å². The number of rotatable bonds is 5. The fraction of sp³-hybridized carbons (Fsp3) is 1.00. The van der Waals surface area contributed by atoms with E-state index < -0.39 is 0 Å². The van der Waals surface area contributed by atoms with Crippen LogP contribution in [0, 0.1) is 5.92 Å². The summed E-state index contributed by atoms with van der Waals surface area (Å²) in [6, 6.07) is 1.17. The van der Waals surface area contributed by atoms with E-state index in [2.05, 4.69) is 38.3 Å². The van der Waals surface area contributed by atoms with Crippen molar-refractivity contribution in [2.45, 2.75) is 76.5 Å². The number of hydrogen-bond donors (Lipinski definition) is 2. The van der Waals surface area contributed by atoms with Gasteiger partial charge in [0.2, 0.25) is 0 Å². The lowest BCUT2D eigenvalue weighted by molar-refractivity contribution is 0.109. The van der Waals surface area contributed by atoms with Crippen molar-refractivity contribution in [3.05, 3.63) is 0 Å². The minimum absolute atomic E-state index is 0.223. The summed E-state index contributed by atoms with van der Waals surface area (Å²) in [7, 11) is 1.81. The molecule has 3 heteroatoms. The van der Waals surface area contributed by atoms with Gasteiger partial charge in [-0.15, -0.1) is 0 Å². The minimum Gasteiger partial charge on any atom is -0.383 e. The van der Waals surface area contributed by atoms with E-state index >= 15 is 0 Å². The minimum atomic E-state index is 0.223. The second-order valence-corrected chi connectivity index (χ2v) is 7.56. The molecule has 0 spiro atoms. The van der Waals surface area contributed by atoms with E-state index in [1.165, 1.54) is 25.7 Å². The van der Waals surface area contributed by atoms with Crippen LogP contribution in [0.25, 0.3) is 0 Å². The third-order valence-corrected chi connectivity index (χ3v) is 4.18. The van der Waals surface area contributed by atoms with Crippen LogP contribution in [0.1, 0.15) is 53.4 Å². The van der Waals surface area contributed by atoms with Crippen LogP contribution in [0.15, 0.2) is 0 Å². The lowest BCUT2D eigenvalue weighted by atomic mass is 9.79. The highest BCUT2D eigenvalue weighted by Gasteiger charge is 2.40. The normalized spacial score (nSPS) is 29.2. The first kappa shape index (κ1) is 14.3. The summed E-state index contributed by atoms with van der Waals surface area (Å²) >= 11 is 0. The molecule has 2 fully saturated rings. The summed E-state index contributed by atoms with van der Waals surface area (Å²) in [6.07, 6.45) is 5.14. The molecule has 3 nitrogen and oxygen atoms in total. The van der Waals surface area contributed by atoms with Crippen molar-refractivity contribution in [1.29, 1.82) is 0 Å². The highest BCUT2D eigenvalue weighted by atomic mass is 16.5. The Bertz CT molecular complexity index is 268. The Labute approximate surface area is 112 Å². The van der Waals surface area contributed by atoms with Gasteiger partial charge in [-0.25, -0.2) is 0 Å². The molecule has 0 aromatic rings. The number of methoxy groups -OCH3 is 1. The molecule has 18 heavy (non-hydrogen) atoms. The maximum absolute atomic E-state index is 5.37. The standard InChI is InChI=1S/C15H30N2O/c1-14(2)8-12(9-15(3,4)17-14)16-13(10-18-5)11-6-7-11/h11-13,16-17H,6-10H2,1-5H3. The summed E-state index contributed by atoms with van der Waals surface area (Å²) < 4.78 is 5.37. The Balaban J connectivity index is 1.94. The van der Waals surface area contributed by atoms with Crippen molar-refractivity contribution in [2.24, 2.45) is 5.92 Å². The molecule has 0 radical (unpaired) electrons. The summed E-state index contributed by atoms with van der Waals surface area (Å²) in [4.78, 5) is 0. The monoisotopic (exact) mass is 254 g/mol. The predicted octanol–water partition coefficient (Wildman–Crippen LogP) is 2.31. The number of hydrogen-bond acceptors (Lipinski definition) is 3. The Morgan fingerprint density at radius 2 is 1.72 bits per heavy atom. The Morgan fingerprint density at radius 3 is 2.17 bits per heavy atom. The summed E-state index contributed by atoms with van der Waals surface area (Å²) in [5, 5.41) is 7.61. The lowest BCUT2D eigenvalue weighted by Gasteiger charge is -2.47. The van der Waals surface area contributed by atoms with Crippen molar-refractivity contribution in [3.63, 3.8) is 0 Å². The second-order valence-electron chi connectivity index (χ2n) is 7.56. The first-order chi connectivity index (χ1) is 8.31. The highest BCUT2D eigenvalue weighted by Crippen LogP contribution is 2.35. The maximum Gasteiger partial charge on any atom is 0.0618 e. The quantitative estimate of drug-likeness (QED) is 0.790. The van der Waals surface area contributed by atoms with Gasteiger partial charge in [0.05, 0.1) is 6.61 Å². The van der Waals surface area contributed by atoms with Gasteiger partial charge in [0.1, 0.15) is 0 Å². The van der Waals surface area contributed by atoms with Gasteiger partial charge < -0.3 is 15.4 Å². The predicted molar refractivity (Wildman–Crippen MR) is 75.8 cm³/mol. The van der Waals surface area contributed by atoms with Crippen molar-refractivity contribution in [2.75, 3.05) is 13.7 Å². The highest BCUT2D eigenvalue weighted by molar-refractivity contribution is 5.01. The molecule has 1 aliphatic heterocycles. The SMILES string of the molecule is COCC(NC1CC(C)(C)NC(C)(C)C1)C1CC1. The van der Waals surface area contributed by atoms with Crippen LogP contribution in [0.4, 0.5) is 0 Å². The number of nitrogens with one attached hydrogen (secondary N) is 2. The Morgan fingerprint density at radius 1 is 1.17 bits per heavy atom. The molecule has 106 valence electrons. The van der Waals surface area contributed by atoms with E-state index in [4.69, 9.17) is 4.74 Å². The van der Waals surface area contributed by atoms with Gasteiger partial charge in [-0.05, 0) is 59.3 Å². The van der Waals surface area contributed by atoms with E-state index in [0.29, 0.717) is 12.1 Å². The largest absolute Gasteiger partial charge is 0.383 e. The fourth-order valence-corrected chi connectivity index (χ4v) is 3.74. The number of ether oxygens (including phenoxy) is 1. The second kappa shape index (κ2) is 5.10.